The van der Waals surface area contributed by atoms with Gasteiger partial charge in [-0.2, -0.15) is 10.2 Å². The Labute approximate surface area is 367 Å². The first-order chi connectivity index (χ1) is 31.0. The number of fused-ring (bicyclic) bond motifs is 3. The summed E-state index contributed by atoms with van der Waals surface area (Å²) in [7, 11) is 1.61. The molecule has 4 aromatic rings. The Morgan fingerprint density at radius 3 is 2.59 bits per heavy atom. The third-order valence-electron chi connectivity index (χ3n) is 13.1. The summed E-state index contributed by atoms with van der Waals surface area (Å²) in [6.07, 6.45) is 4.43. The molecule has 2 aromatic heterocycles. The van der Waals surface area contributed by atoms with E-state index in [2.05, 4.69) is 31.0 Å². The number of rotatable bonds is 12. The minimum absolute atomic E-state index is 0.0432. The van der Waals surface area contributed by atoms with Gasteiger partial charge in [-0.3, -0.25) is 38.7 Å². The van der Waals surface area contributed by atoms with Crippen LogP contribution in [0.4, 0.5) is 30.8 Å². The van der Waals surface area contributed by atoms with Gasteiger partial charge in [0.1, 0.15) is 0 Å². The first kappa shape index (κ1) is 42.8. The first-order valence-corrected chi connectivity index (χ1v) is 22.0. The number of benzene rings is 2. The molecule has 9 rings (SSSR count). The number of piperidine rings is 1. The second kappa shape index (κ2) is 17.9. The molecule has 0 saturated carbocycles. The summed E-state index contributed by atoms with van der Waals surface area (Å²) in [6.45, 7) is 3.44. The standard InChI is InChI=1S/C45H50F2N10O7/c1-48-45(63)54-16-10-34-32(24-54)43(53-57(34)27-11-18-64-19-12-27)56-15-3-4-25-20-30(31(42(46)47)21-35(25)56)26-22-51-55(23-26)17-14-50-36(58)9-13-49-33-6-2-5-28-38(33)41(61)39(40(28)60)29-7-8-37(59)52-44(29)62/h2,5-6,20-23,27,29,39,42,49H,3-4,7-19,24H2,1H3,(H,48,63)(H,50,58)(H,52,59,62). The monoisotopic (exact) mass is 880 g/mol. The summed E-state index contributed by atoms with van der Waals surface area (Å²) in [4.78, 5) is 80.2. The van der Waals surface area contributed by atoms with Crippen LogP contribution in [0.2, 0.25) is 0 Å². The molecule has 2 fully saturated rings. The van der Waals surface area contributed by atoms with Crippen LogP contribution in [0.5, 0.6) is 0 Å². The van der Waals surface area contributed by atoms with Crippen LogP contribution in [0.25, 0.3) is 11.1 Å². The number of aromatic nitrogens is 4. The van der Waals surface area contributed by atoms with E-state index in [9.17, 15) is 28.8 Å². The summed E-state index contributed by atoms with van der Waals surface area (Å²) >= 11 is 0. The van der Waals surface area contributed by atoms with Gasteiger partial charge in [-0.25, -0.2) is 13.6 Å². The molecule has 0 bridgehead atoms. The lowest BCUT2D eigenvalue weighted by Gasteiger charge is -2.33. The molecule has 2 saturated heterocycles. The van der Waals surface area contributed by atoms with Gasteiger partial charge >= 0.3 is 6.03 Å². The lowest BCUT2D eigenvalue weighted by atomic mass is 9.82. The number of urea groups is 1. The van der Waals surface area contributed by atoms with Gasteiger partial charge in [-0.15, -0.1) is 0 Å². The van der Waals surface area contributed by atoms with E-state index in [4.69, 9.17) is 9.84 Å². The van der Waals surface area contributed by atoms with Crippen LogP contribution in [0.1, 0.15) is 94.1 Å². The summed E-state index contributed by atoms with van der Waals surface area (Å²) in [6, 6.07) is 8.19. The van der Waals surface area contributed by atoms with Crippen LogP contribution in [0.15, 0.2) is 42.7 Å². The van der Waals surface area contributed by atoms with Gasteiger partial charge in [0, 0.05) is 111 Å². The van der Waals surface area contributed by atoms with Gasteiger partial charge in [0.25, 0.3) is 6.43 Å². The van der Waals surface area contributed by atoms with Crippen molar-refractivity contribution in [1.29, 1.82) is 0 Å². The quantitative estimate of drug-likeness (QED) is 0.116. The molecule has 2 unspecified atom stereocenters. The van der Waals surface area contributed by atoms with E-state index in [1.165, 1.54) is 6.07 Å². The van der Waals surface area contributed by atoms with Crippen molar-refractivity contribution in [3.05, 3.63) is 76.2 Å². The van der Waals surface area contributed by atoms with E-state index < -0.39 is 41.6 Å². The number of imide groups is 1. The summed E-state index contributed by atoms with van der Waals surface area (Å²) < 4.78 is 39.3. The average molecular weight is 881 g/mol. The maximum absolute atomic E-state index is 15.0. The second-order valence-corrected chi connectivity index (χ2v) is 16.9. The highest BCUT2D eigenvalue weighted by Gasteiger charge is 2.48. The van der Waals surface area contributed by atoms with Crippen LogP contribution in [-0.4, -0.2) is 106 Å². The molecule has 19 heteroatoms. The Morgan fingerprint density at radius 1 is 0.984 bits per heavy atom. The third-order valence-corrected chi connectivity index (χ3v) is 13.1. The molecule has 5 amide bonds. The number of aryl methyl sites for hydroxylation is 1. The number of ether oxygens (including phenoxy) is 1. The van der Waals surface area contributed by atoms with Crippen molar-refractivity contribution >= 4 is 52.5 Å². The first-order valence-electron chi connectivity index (χ1n) is 22.0. The summed E-state index contributed by atoms with van der Waals surface area (Å²) in [5.41, 5.74) is 5.16. The maximum Gasteiger partial charge on any atom is 0.317 e. The lowest BCUT2D eigenvalue weighted by Crippen LogP contribution is -2.46. The molecule has 4 N–H and O–H groups in total. The van der Waals surface area contributed by atoms with Crippen LogP contribution in [-0.2, 0) is 45.1 Å². The van der Waals surface area contributed by atoms with Gasteiger partial charge in [-0.05, 0) is 61.4 Å². The molecule has 5 aliphatic rings. The number of carbonyl (C=O) groups is 6. The second-order valence-electron chi connectivity index (χ2n) is 16.9. The number of Topliss-reactive ketones (excluding diaryl/α,β-unsaturated/α-hetero) is 2. The number of nitrogens with zero attached hydrogens (tertiary/aromatic N) is 6. The number of nitrogens with one attached hydrogen (secondary N) is 4. The van der Waals surface area contributed by atoms with Crippen molar-refractivity contribution < 1.29 is 42.3 Å². The number of carbonyl (C=O) groups excluding carboxylic acids is 6. The molecule has 0 spiro atoms. The molecule has 17 nitrogen and oxygen atoms in total. The zero-order chi connectivity index (χ0) is 44.6. The SMILES string of the molecule is CNC(=O)N1CCc2c(c(N3CCCc4cc(-c5cnn(CCNC(=O)CCNc6cccc7c6C(=O)C(C6CCC(=O)NC6=O)C7=O)c5)c(C(F)F)cc43)nn2C2CCOCC2)C1. The van der Waals surface area contributed by atoms with E-state index in [0.29, 0.717) is 74.0 Å². The smallest absolute Gasteiger partial charge is 0.317 e. The van der Waals surface area contributed by atoms with Gasteiger partial charge in [0.05, 0.1) is 42.7 Å². The lowest BCUT2D eigenvalue weighted by molar-refractivity contribution is -0.137. The molecule has 336 valence electrons. The van der Waals surface area contributed by atoms with Gasteiger partial charge in [0.15, 0.2) is 17.4 Å². The van der Waals surface area contributed by atoms with Crippen molar-refractivity contribution in [1.82, 2.24) is 40.4 Å². The zero-order valence-electron chi connectivity index (χ0n) is 35.5. The Balaban J connectivity index is 0.848. The number of amides is 5. The Morgan fingerprint density at radius 2 is 1.81 bits per heavy atom. The molecule has 2 aromatic carbocycles. The fourth-order valence-corrected chi connectivity index (χ4v) is 9.85. The van der Waals surface area contributed by atoms with Crippen LogP contribution in [0, 0.1) is 11.8 Å². The predicted octanol–water partition coefficient (Wildman–Crippen LogP) is 4.48. The molecular weight excluding hydrogens is 831 g/mol. The number of hydrogen-bond donors (Lipinski definition) is 4. The molecular formula is C45H50F2N10O7. The van der Waals surface area contributed by atoms with Crippen LogP contribution in [0.3, 0.4) is 0 Å². The van der Waals surface area contributed by atoms with Gasteiger partial charge < -0.3 is 30.5 Å². The predicted molar refractivity (Wildman–Crippen MR) is 228 cm³/mol. The third kappa shape index (κ3) is 8.12. The van der Waals surface area contributed by atoms with Crippen molar-refractivity contribution in [2.24, 2.45) is 11.8 Å². The number of hydrogen-bond acceptors (Lipinski definition) is 11. The number of alkyl halides is 2. The van der Waals surface area contributed by atoms with Crippen molar-refractivity contribution in [2.75, 3.05) is 56.7 Å². The Bertz CT molecular complexity index is 2530. The molecule has 64 heavy (non-hydrogen) atoms. The van der Waals surface area contributed by atoms with E-state index in [0.717, 1.165) is 36.1 Å². The van der Waals surface area contributed by atoms with E-state index in [1.807, 2.05) is 11.0 Å². The average Bonchev–Trinajstić information content (AvgIpc) is 4.00. The highest BCUT2D eigenvalue weighted by molar-refractivity contribution is 6.30. The Kier molecular flexibility index (Phi) is 12.0. The van der Waals surface area contributed by atoms with Crippen molar-refractivity contribution in [3.63, 3.8) is 0 Å². The molecule has 0 radical (unpaired) electrons. The molecule has 6 heterocycles. The van der Waals surface area contributed by atoms with Crippen molar-refractivity contribution in [2.45, 2.75) is 76.9 Å². The van der Waals surface area contributed by atoms with E-state index in [-0.39, 0.29) is 73.6 Å². The minimum Gasteiger partial charge on any atom is -0.384 e. The fraction of sp³-hybridized carbons (Fsp3) is 0.467. The fourth-order valence-electron chi connectivity index (χ4n) is 9.85. The van der Waals surface area contributed by atoms with E-state index >= 15 is 8.78 Å². The van der Waals surface area contributed by atoms with Crippen LogP contribution < -0.4 is 26.2 Å². The largest absolute Gasteiger partial charge is 0.384 e. The highest BCUT2D eigenvalue weighted by atomic mass is 19.3. The molecule has 4 aliphatic heterocycles. The number of ketones is 2. The maximum atomic E-state index is 15.0. The van der Waals surface area contributed by atoms with Crippen molar-refractivity contribution in [3.8, 4) is 11.1 Å². The highest BCUT2D eigenvalue weighted by Crippen LogP contribution is 2.44. The van der Waals surface area contributed by atoms with Gasteiger partial charge in [0.2, 0.25) is 17.7 Å². The normalized spacial score (nSPS) is 19.9. The topological polar surface area (TPSA) is 202 Å². The number of anilines is 3. The summed E-state index contributed by atoms with van der Waals surface area (Å²) in [5.74, 6) is -3.70. The number of halogens is 2. The zero-order valence-corrected chi connectivity index (χ0v) is 35.5. The molecule has 1 aliphatic carbocycles. The Hall–Kier alpha value is -6.50. The minimum atomic E-state index is -2.78. The summed E-state index contributed by atoms with van der Waals surface area (Å²) in [5, 5.41) is 20.5. The van der Waals surface area contributed by atoms with Gasteiger partial charge in [-0.1, -0.05) is 12.1 Å². The molecule has 2 atom stereocenters. The van der Waals surface area contributed by atoms with Crippen LogP contribution >= 0.6 is 0 Å². The van der Waals surface area contributed by atoms with E-state index in [1.54, 1.807) is 47.2 Å².